The minimum atomic E-state index is -0.0154. The Bertz CT molecular complexity index is 361. The van der Waals surface area contributed by atoms with Gasteiger partial charge in [-0.25, -0.2) is 0 Å². The summed E-state index contributed by atoms with van der Waals surface area (Å²) in [6.45, 7) is 6.12. The summed E-state index contributed by atoms with van der Waals surface area (Å²) in [6.07, 6.45) is 1.60. The highest BCUT2D eigenvalue weighted by Crippen LogP contribution is 1.98. The summed E-state index contributed by atoms with van der Waals surface area (Å²) >= 11 is 0. The third-order valence-corrected chi connectivity index (χ3v) is 3.03. The molecule has 1 aromatic heterocycles. The van der Waals surface area contributed by atoms with Crippen molar-refractivity contribution in [1.29, 1.82) is 0 Å². The van der Waals surface area contributed by atoms with Crippen LogP contribution in [0.1, 0.15) is 5.76 Å². The molecule has 0 radical (unpaired) electrons. The molecular formula is C13H21N3O3. The van der Waals surface area contributed by atoms with Crippen LogP contribution in [0, 0.1) is 0 Å². The van der Waals surface area contributed by atoms with E-state index in [0.717, 1.165) is 45.2 Å². The Labute approximate surface area is 113 Å². The van der Waals surface area contributed by atoms with Crippen molar-refractivity contribution in [3.05, 3.63) is 24.2 Å². The lowest BCUT2D eigenvalue weighted by Crippen LogP contribution is -2.42. The van der Waals surface area contributed by atoms with E-state index in [1.54, 1.807) is 6.26 Å². The van der Waals surface area contributed by atoms with Crippen molar-refractivity contribution < 1.29 is 13.9 Å². The van der Waals surface area contributed by atoms with Crippen LogP contribution in [-0.4, -0.2) is 56.7 Å². The van der Waals surface area contributed by atoms with E-state index in [4.69, 9.17) is 9.15 Å². The highest BCUT2D eigenvalue weighted by Gasteiger charge is 2.09. The summed E-state index contributed by atoms with van der Waals surface area (Å²) < 4.78 is 10.4. The van der Waals surface area contributed by atoms with E-state index in [2.05, 4.69) is 15.5 Å². The van der Waals surface area contributed by atoms with Crippen molar-refractivity contribution in [3.8, 4) is 0 Å². The smallest absolute Gasteiger partial charge is 0.234 e. The van der Waals surface area contributed by atoms with Crippen molar-refractivity contribution in [2.75, 3.05) is 45.9 Å². The van der Waals surface area contributed by atoms with E-state index < -0.39 is 0 Å². The Hall–Kier alpha value is -1.37. The molecule has 0 bridgehead atoms. The van der Waals surface area contributed by atoms with Crippen LogP contribution < -0.4 is 10.6 Å². The Morgan fingerprint density at radius 1 is 1.37 bits per heavy atom. The maximum atomic E-state index is 11.5. The first-order chi connectivity index (χ1) is 9.34. The molecule has 0 atom stereocenters. The van der Waals surface area contributed by atoms with Crippen molar-refractivity contribution in [2.24, 2.45) is 0 Å². The van der Waals surface area contributed by atoms with E-state index in [0.29, 0.717) is 13.1 Å². The maximum Gasteiger partial charge on any atom is 0.234 e. The molecule has 1 fully saturated rings. The van der Waals surface area contributed by atoms with Gasteiger partial charge >= 0.3 is 0 Å². The second-order valence-electron chi connectivity index (χ2n) is 4.49. The SMILES string of the molecule is O=C(CNCCN1CCOCC1)NCc1ccco1. The number of ether oxygens (including phenoxy) is 1. The number of nitrogens with zero attached hydrogens (tertiary/aromatic N) is 1. The highest BCUT2D eigenvalue weighted by atomic mass is 16.5. The average molecular weight is 267 g/mol. The molecule has 0 unspecified atom stereocenters. The highest BCUT2D eigenvalue weighted by molar-refractivity contribution is 5.77. The van der Waals surface area contributed by atoms with Crippen LogP contribution in [0.25, 0.3) is 0 Å². The zero-order chi connectivity index (χ0) is 13.3. The number of rotatable bonds is 7. The third-order valence-electron chi connectivity index (χ3n) is 3.03. The molecule has 2 heterocycles. The van der Waals surface area contributed by atoms with E-state index in [-0.39, 0.29) is 5.91 Å². The van der Waals surface area contributed by atoms with Gasteiger partial charge in [0.25, 0.3) is 0 Å². The number of furan rings is 1. The standard InChI is InChI=1S/C13H21N3O3/c17-13(15-10-12-2-1-7-19-12)11-14-3-4-16-5-8-18-9-6-16/h1-2,7,14H,3-6,8-11H2,(H,15,17). The predicted molar refractivity (Wildman–Crippen MR) is 70.7 cm³/mol. The van der Waals surface area contributed by atoms with Gasteiger partial charge in [0, 0.05) is 26.2 Å². The number of nitrogens with one attached hydrogen (secondary N) is 2. The summed E-state index contributed by atoms with van der Waals surface area (Å²) in [5.41, 5.74) is 0. The molecule has 0 spiro atoms. The summed E-state index contributed by atoms with van der Waals surface area (Å²) in [4.78, 5) is 13.9. The lowest BCUT2D eigenvalue weighted by atomic mass is 10.4. The molecule has 1 aliphatic rings. The summed E-state index contributed by atoms with van der Waals surface area (Å²) in [5, 5.41) is 5.93. The van der Waals surface area contributed by atoms with Crippen LogP contribution in [-0.2, 0) is 16.1 Å². The molecule has 6 nitrogen and oxygen atoms in total. The number of carbonyl (C=O) groups excluding carboxylic acids is 1. The number of morpholine rings is 1. The van der Waals surface area contributed by atoms with E-state index in [1.807, 2.05) is 12.1 Å². The molecule has 0 saturated carbocycles. The van der Waals surface area contributed by atoms with Gasteiger partial charge in [0.05, 0.1) is 32.6 Å². The lowest BCUT2D eigenvalue weighted by Gasteiger charge is -2.26. The van der Waals surface area contributed by atoms with E-state index in [1.165, 1.54) is 0 Å². The number of carbonyl (C=O) groups is 1. The normalized spacial score (nSPS) is 16.4. The minimum absolute atomic E-state index is 0.0154. The predicted octanol–water partition coefficient (Wildman–Crippen LogP) is -0.182. The second kappa shape index (κ2) is 7.93. The molecule has 1 saturated heterocycles. The van der Waals surface area contributed by atoms with Gasteiger partial charge < -0.3 is 19.8 Å². The molecule has 2 rings (SSSR count). The van der Waals surface area contributed by atoms with Crippen molar-refractivity contribution in [3.63, 3.8) is 0 Å². The van der Waals surface area contributed by atoms with E-state index in [9.17, 15) is 4.79 Å². The molecule has 1 amide bonds. The van der Waals surface area contributed by atoms with Crippen LogP contribution >= 0.6 is 0 Å². The van der Waals surface area contributed by atoms with Gasteiger partial charge in [-0.1, -0.05) is 0 Å². The topological polar surface area (TPSA) is 66.7 Å². The maximum absolute atomic E-state index is 11.5. The van der Waals surface area contributed by atoms with Gasteiger partial charge in [0.2, 0.25) is 5.91 Å². The van der Waals surface area contributed by atoms with Crippen LogP contribution in [0.3, 0.4) is 0 Å². The van der Waals surface area contributed by atoms with Gasteiger partial charge in [-0.05, 0) is 12.1 Å². The molecule has 0 aromatic carbocycles. The first kappa shape index (κ1) is 14.0. The zero-order valence-corrected chi connectivity index (χ0v) is 11.1. The van der Waals surface area contributed by atoms with Crippen molar-refractivity contribution >= 4 is 5.91 Å². The molecule has 1 aliphatic heterocycles. The van der Waals surface area contributed by atoms with Crippen LogP contribution in [0.15, 0.2) is 22.8 Å². The quantitative estimate of drug-likeness (QED) is 0.671. The Balaban J connectivity index is 1.49. The second-order valence-corrected chi connectivity index (χ2v) is 4.49. The largest absolute Gasteiger partial charge is 0.467 e. The zero-order valence-electron chi connectivity index (χ0n) is 11.1. The Morgan fingerprint density at radius 2 is 2.21 bits per heavy atom. The van der Waals surface area contributed by atoms with Gasteiger partial charge in [0.1, 0.15) is 5.76 Å². The minimum Gasteiger partial charge on any atom is -0.467 e. The third kappa shape index (κ3) is 5.42. The summed E-state index contributed by atoms with van der Waals surface area (Å²) in [6, 6.07) is 3.65. The van der Waals surface area contributed by atoms with Gasteiger partial charge in [-0.2, -0.15) is 0 Å². The molecule has 6 heteroatoms. The molecule has 0 aliphatic carbocycles. The lowest BCUT2D eigenvalue weighted by molar-refractivity contribution is -0.120. The monoisotopic (exact) mass is 267 g/mol. The van der Waals surface area contributed by atoms with Crippen LogP contribution in [0.2, 0.25) is 0 Å². The fraction of sp³-hybridized carbons (Fsp3) is 0.615. The van der Waals surface area contributed by atoms with Gasteiger partial charge in [-0.3, -0.25) is 9.69 Å². The fourth-order valence-corrected chi connectivity index (χ4v) is 1.93. The molecular weight excluding hydrogens is 246 g/mol. The molecule has 1 aromatic rings. The fourth-order valence-electron chi connectivity index (χ4n) is 1.93. The first-order valence-electron chi connectivity index (χ1n) is 6.64. The average Bonchev–Trinajstić information content (AvgIpc) is 2.96. The van der Waals surface area contributed by atoms with E-state index >= 15 is 0 Å². The Morgan fingerprint density at radius 3 is 2.95 bits per heavy atom. The van der Waals surface area contributed by atoms with Crippen LogP contribution in [0.5, 0.6) is 0 Å². The van der Waals surface area contributed by atoms with Crippen molar-refractivity contribution in [2.45, 2.75) is 6.54 Å². The molecule has 106 valence electrons. The van der Waals surface area contributed by atoms with Crippen molar-refractivity contribution in [1.82, 2.24) is 15.5 Å². The Kier molecular flexibility index (Phi) is 5.87. The van der Waals surface area contributed by atoms with Gasteiger partial charge in [0.15, 0.2) is 0 Å². The summed E-state index contributed by atoms with van der Waals surface area (Å²) in [5.74, 6) is 0.750. The number of amides is 1. The summed E-state index contributed by atoms with van der Waals surface area (Å²) in [7, 11) is 0. The van der Waals surface area contributed by atoms with Crippen LogP contribution in [0.4, 0.5) is 0 Å². The molecule has 19 heavy (non-hydrogen) atoms. The number of hydrogen-bond donors (Lipinski definition) is 2. The molecule has 2 N–H and O–H groups in total. The van der Waals surface area contributed by atoms with Gasteiger partial charge in [-0.15, -0.1) is 0 Å². The first-order valence-corrected chi connectivity index (χ1v) is 6.64. The number of hydrogen-bond acceptors (Lipinski definition) is 5.